The van der Waals surface area contributed by atoms with E-state index < -0.39 is 0 Å². The molecule has 2 aliphatic rings. The second-order valence-corrected chi connectivity index (χ2v) is 6.08. The molecule has 1 fully saturated rings. The van der Waals surface area contributed by atoms with E-state index in [0.717, 1.165) is 0 Å². The van der Waals surface area contributed by atoms with Crippen molar-refractivity contribution in [2.24, 2.45) is 0 Å². The standard InChI is InChI=1S/C12H14.C8H12.2C2H6/c1-3-12(8-9-12)11-6-4-10(2)5-7-11;1-7-5-3-4-6-8(7)2;2*1-2/h3-7H,1,8-9H2,2H3;5-6H,3-4H2,1-2H3;2*1-2H3. The Labute approximate surface area is 151 Å². The van der Waals surface area contributed by atoms with E-state index in [1.54, 1.807) is 0 Å². The monoisotopic (exact) mass is 326 g/mol. The van der Waals surface area contributed by atoms with E-state index in [4.69, 9.17) is 0 Å². The summed E-state index contributed by atoms with van der Waals surface area (Å²) < 4.78 is 0. The quantitative estimate of drug-likeness (QED) is 0.484. The molecule has 1 saturated carbocycles. The fourth-order valence-electron chi connectivity index (χ4n) is 2.55. The van der Waals surface area contributed by atoms with Gasteiger partial charge in [0.15, 0.2) is 0 Å². The van der Waals surface area contributed by atoms with Crippen molar-refractivity contribution < 1.29 is 0 Å². The van der Waals surface area contributed by atoms with Crippen LogP contribution >= 0.6 is 0 Å². The highest BCUT2D eigenvalue weighted by atomic mass is 14.4. The Bertz CT molecular complexity index is 504. The first-order valence-electron chi connectivity index (χ1n) is 9.62. The van der Waals surface area contributed by atoms with Crippen LogP contribution in [0.1, 0.15) is 78.4 Å². The third-order valence-corrected chi connectivity index (χ3v) is 4.50. The first kappa shape index (κ1) is 22.4. The van der Waals surface area contributed by atoms with E-state index >= 15 is 0 Å². The molecule has 0 unspecified atom stereocenters. The topological polar surface area (TPSA) is 0 Å². The van der Waals surface area contributed by atoms with E-state index in [1.165, 1.54) is 48.0 Å². The lowest BCUT2D eigenvalue weighted by atomic mass is 9.95. The van der Waals surface area contributed by atoms with Gasteiger partial charge in [0.1, 0.15) is 0 Å². The third kappa shape index (κ3) is 6.91. The highest BCUT2D eigenvalue weighted by Gasteiger charge is 2.40. The second-order valence-electron chi connectivity index (χ2n) is 6.08. The molecular weight excluding hydrogens is 288 g/mol. The molecule has 0 nitrogen and oxygen atoms in total. The lowest BCUT2D eigenvalue weighted by Crippen LogP contribution is -2.00. The van der Waals surface area contributed by atoms with Gasteiger partial charge in [0, 0.05) is 5.41 Å². The van der Waals surface area contributed by atoms with Gasteiger partial charge in [0.25, 0.3) is 0 Å². The minimum atomic E-state index is 0.341. The number of hydrogen-bond acceptors (Lipinski definition) is 0. The molecule has 0 N–H and O–H groups in total. The Morgan fingerprint density at radius 2 is 1.21 bits per heavy atom. The Morgan fingerprint density at radius 3 is 1.50 bits per heavy atom. The van der Waals surface area contributed by atoms with Gasteiger partial charge in [-0.05, 0) is 52.0 Å². The van der Waals surface area contributed by atoms with Gasteiger partial charge in [-0.15, -0.1) is 6.58 Å². The minimum Gasteiger partial charge on any atom is -0.102 e. The summed E-state index contributed by atoms with van der Waals surface area (Å²) in [7, 11) is 0. The fraction of sp³-hybridized carbons (Fsp3) is 0.500. The van der Waals surface area contributed by atoms with Crippen molar-refractivity contribution in [1.82, 2.24) is 0 Å². The van der Waals surface area contributed by atoms with Crippen LogP contribution in [-0.4, -0.2) is 0 Å². The Balaban J connectivity index is 0.000000385. The summed E-state index contributed by atoms with van der Waals surface area (Å²) in [6.07, 6.45) is 11.7. The molecule has 0 heterocycles. The second kappa shape index (κ2) is 11.9. The molecule has 0 saturated heterocycles. The van der Waals surface area contributed by atoms with Crippen molar-refractivity contribution in [3.8, 4) is 0 Å². The van der Waals surface area contributed by atoms with Crippen molar-refractivity contribution in [1.29, 1.82) is 0 Å². The van der Waals surface area contributed by atoms with Crippen molar-refractivity contribution in [3.63, 3.8) is 0 Å². The van der Waals surface area contributed by atoms with Gasteiger partial charge >= 0.3 is 0 Å². The van der Waals surface area contributed by atoms with Crippen molar-refractivity contribution in [2.45, 2.75) is 79.6 Å². The fourth-order valence-corrected chi connectivity index (χ4v) is 2.55. The maximum atomic E-state index is 3.89. The highest BCUT2D eigenvalue weighted by Crippen LogP contribution is 2.48. The normalized spacial score (nSPS) is 16.5. The van der Waals surface area contributed by atoms with Gasteiger partial charge in [-0.2, -0.15) is 0 Å². The van der Waals surface area contributed by atoms with Crippen LogP contribution < -0.4 is 0 Å². The summed E-state index contributed by atoms with van der Waals surface area (Å²) in [5.41, 5.74) is 6.02. The summed E-state index contributed by atoms with van der Waals surface area (Å²) in [6, 6.07) is 8.81. The third-order valence-electron chi connectivity index (χ3n) is 4.50. The molecule has 0 heteroatoms. The van der Waals surface area contributed by atoms with Gasteiger partial charge in [0.2, 0.25) is 0 Å². The maximum absolute atomic E-state index is 3.89. The van der Waals surface area contributed by atoms with Crippen molar-refractivity contribution >= 4 is 0 Å². The molecule has 24 heavy (non-hydrogen) atoms. The SMILES string of the molecule is C=CC1(c2ccc(C)cc2)CC1.CC.CC.CC1=CCCC=C1C. The molecule has 0 aliphatic heterocycles. The van der Waals surface area contributed by atoms with Gasteiger partial charge in [-0.3, -0.25) is 0 Å². The van der Waals surface area contributed by atoms with Crippen molar-refractivity contribution in [3.05, 3.63) is 71.3 Å². The summed E-state index contributed by atoms with van der Waals surface area (Å²) in [5, 5.41) is 0. The molecule has 0 atom stereocenters. The Kier molecular flexibility index (Phi) is 11.1. The summed E-state index contributed by atoms with van der Waals surface area (Å²) in [6.45, 7) is 18.4. The predicted molar refractivity (Wildman–Crippen MR) is 112 cm³/mol. The molecular formula is C24H38. The van der Waals surface area contributed by atoms with Crippen LogP contribution in [0.25, 0.3) is 0 Å². The Morgan fingerprint density at radius 1 is 0.792 bits per heavy atom. The van der Waals surface area contributed by atoms with Crippen LogP contribution in [0, 0.1) is 6.92 Å². The first-order chi connectivity index (χ1) is 11.6. The van der Waals surface area contributed by atoms with Crippen LogP contribution in [0.5, 0.6) is 0 Å². The zero-order valence-electron chi connectivity index (χ0n) is 17.1. The van der Waals surface area contributed by atoms with Gasteiger partial charge < -0.3 is 0 Å². The molecule has 0 bridgehead atoms. The lowest BCUT2D eigenvalue weighted by molar-refractivity contribution is 0.893. The smallest absolute Gasteiger partial charge is 0.0130 e. The molecule has 2 aliphatic carbocycles. The molecule has 134 valence electrons. The molecule has 3 rings (SSSR count). The zero-order valence-corrected chi connectivity index (χ0v) is 17.1. The van der Waals surface area contributed by atoms with Crippen LogP contribution in [0.4, 0.5) is 0 Å². The molecule has 0 amide bonds. The van der Waals surface area contributed by atoms with E-state index in [9.17, 15) is 0 Å². The highest BCUT2D eigenvalue weighted by molar-refractivity contribution is 5.37. The predicted octanol–water partition coefficient (Wildman–Crippen LogP) is 7.94. The summed E-state index contributed by atoms with van der Waals surface area (Å²) in [5.74, 6) is 0. The molecule has 0 aromatic heterocycles. The van der Waals surface area contributed by atoms with Crippen LogP contribution in [0.15, 0.2) is 60.2 Å². The van der Waals surface area contributed by atoms with E-state index in [0.29, 0.717) is 5.41 Å². The average molecular weight is 327 g/mol. The number of benzene rings is 1. The van der Waals surface area contributed by atoms with Crippen molar-refractivity contribution in [2.75, 3.05) is 0 Å². The number of rotatable bonds is 2. The van der Waals surface area contributed by atoms with Gasteiger partial charge in [-0.25, -0.2) is 0 Å². The zero-order chi connectivity index (χ0) is 18.6. The van der Waals surface area contributed by atoms with Crippen LogP contribution in [0.2, 0.25) is 0 Å². The van der Waals surface area contributed by atoms with Gasteiger partial charge in [-0.1, -0.05) is 86.9 Å². The first-order valence-corrected chi connectivity index (χ1v) is 9.62. The largest absolute Gasteiger partial charge is 0.102 e. The number of aryl methyl sites for hydroxylation is 1. The number of allylic oxidation sites excluding steroid dienone is 5. The minimum absolute atomic E-state index is 0.341. The molecule has 1 aromatic carbocycles. The average Bonchev–Trinajstić information content (AvgIpc) is 3.43. The number of hydrogen-bond donors (Lipinski definition) is 0. The van der Waals surface area contributed by atoms with E-state index in [2.05, 4.69) is 69.8 Å². The lowest BCUT2D eigenvalue weighted by Gasteiger charge is -2.09. The maximum Gasteiger partial charge on any atom is 0.0130 e. The van der Waals surface area contributed by atoms with Gasteiger partial charge in [0.05, 0.1) is 0 Å². The molecule has 1 aromatic rings. The van der Waals surface area contributed by atoms with Crippen LogP contribution in [-0.2, 0) is 5.41 Å². The summed E-state index contributed by atoms with van der Waals surface area (Å²) >= 11 is 0. The molecule has 0 spiro atoms. The van der Waals surface area contributed by atoms with Crippen LogP contribution in [0.3, 0.4) is 0 Å². The Hall–Kier alpha value is -1.56. The van der Waals surface area contributed by atoms with E-state index in [-0.39, 0.29) is 0 Å². The molecule has 0 radical (unpaired) electrons. The van der Waals surface area contributed by atoms with E-state index in [1.807, 2.05) is 27.7 Å². The summed E-state index contributed by atoms with van der Waals surface area (Å²) in [4.78, 5) is 0.